The van der Waals surface area contributed by atoms with E-state index < -0.39 is 18.1 Å². The molecule has 0 bridgehead atoms. The van der Waals surface area contributed by atoms with Crippen LogP contribution in [0.2, 0.25) is 0 Å². The third-order valence-electron chi connectivity index (χ3n) is 8.54. The van der Waals surface area contributed by atoms with E-state index in [9.17, 15) is 19.8 Å². The summed E-state index contributed by atoms with van der Waals surface area (Å²) in [7, 11) is 4.65. The molecule has 4 aromatic rings. The molecule has 1 unspecified atom stereocenters. The van der Waals surface area contributed by atoms with E-state index in [2.05, 4.69) is 6.92 Å². The molecule has 9 nitrogen and oxygen atoms in total. The Balaban J connectivity index is 1.67. The highest BCUT2D eigenvalue weighted by atomic mass is 16.5. The number of nitrogens with zero attached hydrogens (tertiary/aromatic N) is 1. The molecular formula is C34H39NO8. The molecule has 0 aliphatic heterocycles. The number of carboxylic acids is 1. The van der Waals surface area contributed by atoms with Crippen LogP contribution in [0.5, 0.6) is 5.75 Å². The number of methoxy groups -OCH3 is 3. The van der Waals surface area contributed by atoms with E-state index in [4.69, 9.17) is 18.6 Å². The summed E-state index contributed by atoms with van der Waals surface area (Å²) in [6, 6.07) is 15.3. The van der Waals surface area contributed by atoms with E-state index in [1.165, 1.54) is 6.07 Å². The van der Waals surface area contributed by atoms with Crippen molar-refractivity contribution in [2.75, 3.05) is 39.4 Å². The smallest absolute Gasteiger partial charge is 0.337 e. The van der Waals surface area contributed by atoms with Crippen molar-refractivity contribution in [1.82, 2.24) is 0 Å². The van der Waals surface area contributed by atoms with Gasteiger partial charge in [-0.3, -0.25) is 4.79 Å². The molecule has 1 heterocycles. The Kier molecular flexibility index (Phi) is 9.34. The van der Waals surface area contributed by atoms with E-state index in [0.29, 0.717) is 44.7 Å². The van der Waals surface area contributed by atoms with Gasteiger partial charge in [-0.2, -0.15) is 0 Å². The van der Waals surface area contributed by atoms with E-state index in [-0.39, 0.29) is 36.3 Å². The Hall–Kier alpha value is -3.92. The maximum Gasteiger partial charge on any atom is 0.337 e. The lowest BCUT2D eigenvalue weighted by molar-refractivity contribution is -0.124. The predicted octanol–water partition coefficient (Wildman–Crippen LogP) is 6.20. The average Bonchev–Trinajstić information content (AvgIpc) is 3.37. The number of ether oxygens (including phenoxy) is 3. The second kappa shape index (κ2) is 13.2. The molecule has 1 aliphatic rings. The third-order valence-corrected chi connectivity index (χ3v) is 8.54. The number of rotatable bonds is 11. The largest absolute Gasteiger partial charge is 0.496 e. The topological polar surface area (TPSA) is 119 Å². The molecule has 1 amide bonds. The van der Waals surface area contributed by atoms with Crippen molar-refractivity contribution in [2.45, 2.75) is 44.8 Å². The monoisotopic (exact) mass is 589 g/mol. The highest BCUT2D eigenvalue weighted by molar-refractivity contribution is 6.12. The molecule has 1 atom stereocenters. The van der Waals surface area contributed by atoms with Gasteiger partial charge in [0.05, 0.1) is 37.6 Å². The van der Waals surface area contributed by atoms with Crippen LogP contribution in [-0.4, -0.2) is 62.7 Å². The lowest BCUT2D eigenvalue weighted by atomic mass is 9.82. The van der Waals surface area contributed by atoms with Crippen molar-refractivity contribution in [3.8, 4) is 5.75 Å². The first kappa shape index (κ1) is 30.5. The molecule has 0 spiro atoms. The number of aromatic carboxylic acids is 1. The molecule has 1 aliphatic carbocycles. The van der Waals surface area contributed by atoms with E-state index in [0.717, 1.165) is 25.7 Å². The van der Waals surface area contributed by atoms with Crippen LogP contribution < -0.4 is 9.64 Å². The summed E-state index contributed by atoms with van der Waals surface area (Å²) in [5, 5.41) is 22.9. The molecule has 3 aromatic carbocycles. The fourth-order valence-corrected chi connectivity index (χ4v) is 6.22. The zero-order chi connectivity index (χ0) is 30.7. The van der Waals surface area contributed by atoms with Crippen LogP contribution in [0.25, 0.3) is 21.9 Å². The molecule has 0 radical (unpaired) electrons. The highest BCUT2D eigenvalue weighted by Crippen LogP contribution is 2.39. The summed E-state index contributed by atoms with van der Waals surface area (Å²) in [5.41, 5.74) is 2.35. The number of anilines is 1. The van der Waals surface area contributed by atoms with Gasteiger partial charge in [0.1, 0.15) is 23.0 Å². The van der Waals surface area contributed by atoms with Gasteiger partial charge >= 0.3 is 5.97 Å². The summed E-state index contributed by atoms with van der Waals surface area (Å²) in [6.45, 7) is 2.53. The lowest BCUT2D eigenvalue weighted by Gasteiger charge is -2.36. The zero-order valence-corrected chi connectivity index (χ0v) is 25.0. The maximum absolute atomic E-state index is 14.2. The fourth-order valence-electron chi connectivity index (χ4n) is 6.22. The number of carboxylic acid groups (broad SMARTS) is 1. The second-order valence-electron chi connectivity index (χ2n) is 11.4. The molecule has 228 valence electrons. The van der Waals surface area contributed by atoms with Gasteiger partial charge in [-0.05, 0) is 67.5 Å². The normalized spacial score (nSPS) is 17.8. The second-order valence-corrected chi connectivity index (χ2v) is 11.4. The zero-order valence-electron chi connectivity index (χ0n) is 25.0. The van der Waals surface area contributed by atoms with Crippen molar-refractivity contribution < 1.29 is 38.4 Å². The number of carbonyl (C=O) groups is 2. The number of aliphatic hydroxyl groups excluding tert-OH is 1. The Morgan fingerprint density at radius 1 is 0.930 bits per heavy atom. The number of hydrogen-bond donors (Lipinski definition) is 2. The van der Waals surface area contributed by atoms with Crippen molar-refractivity contribution in [3.05, 3.63) is 71.3 Å². The third kappa shape index (κ3) is 6.11. The Morgan fingerprint density at radius 3 is 2.26 bits per heavy atom. The van der Waals surface area contributed by atoms with Gasteiger partial charge in [-0.15, -0.1) is 0 Å². The van der Waals surface area contributed by atoms with Crippen molar-refractivity contribution in [1.29, 1.82) is 0 Å². The SMILES string of the molecule is COCC(COC)N(c1cc2c(cc1C(=O)O)oc1ccc(C(O)c3ccccc3OC)cc12)C(=O)[C@H]1CC[C@H](C)CC1. The first-order valence-corrected chi connectivity index (χ1v) is 14.6. The lowest BCUT2D eigenvalue weighted by Crippen LogP contribution is -2.49. The maximum atomic E-state index is 14.2. The number of para-hydroxylation sites is 1. The Bertz CT molecular complexity index is 1600. The predicted molar refractivity (Wildman–Crippen MR) is 164 cm³/mol. The van der Waals surface area contributed by atoms with Crippen molar-refractivity contribution >= 4 is 39.5 Å². The van der Waals surface area contributed by atoms with Gasteiger partial charge in [0.15, 0.2) is 0 Å². The number of aliphatic hydroxyl groups is 1. The minimum atomic E-state index is -1.17. The number of amides is 1. The molecule has 1 aromatic heterocycles. The van der Waals surface area contributed by atoms with Crippen molar-refractivity contribution in [3.63, 3.8) is 0 Å². The van der Waals surface area contributed by atoms with Gasteiger partial charge in [0.25, 0.3) is 0 Å². The van der Waals surface area contributed by atoms with Gasteiger partial charge < -0.3 is 33.7 Å². The van der Waals surface area contributed by atoms with Crippen LogP contribution in [0.1, 0.15) is 60.2 Å². The molecule has 1 saturated carbocycles. The first-order valence-electron chi connectivity index (χ1n) is 14.6. The number of carbonyl (C=O) groups excluding carboxylic acids is 1. The van der Waals surface area contributed by atoms with E-state index in [1.54, 1.807) is 56.6 Å². The first-order chi connectivity index (χ1) is 20.8. The number of furan rings is 1. The molecule has 5 rings (SSSR count). The van der Waals surface area contributed by atoms with Crippen LogP contribution in [0.15, 0.2) is 59.0 Å². The number of fused-ring (bicyclic) bond motifs is 3. The molecular weight excluding hydrogens is 550 g/mol. The number of hydrogen-bond acceptors (Lipinski definition) is 7. The van der Waals surface area contributed by atoms with Crippen LogP contribution in [-0.2, 0) is 14.3 Å². The quantitative estimate of drug-likeness (QED) is 0.212. The van der Waals surface area contributed by atoms with Crippen LogP contribution in [0.3, 0.4) is 0 Å². The van der Waals surface area contributed by atoms with Gasteiger partial charge in [0, 0.05) is 36.5 Å². The minimum Gasteiger partial charge on any atom is -0.496 e. The van der Waals surface area contributed by atoms with Crippen LogP contribution in [0.4, 0.5) is 5.69 Å². The van der Waals surface area contributed by atoms with Crippen LogP contribution >= 0.6 is 0 Å². The minimum absolute atomic E-state index is 0.0458. The van der Waals surface area contributed by atoms with E-state index >= 15 is 0 Å². The van der Waals surface area contributed by atoms with Gasteiger partial charge in [0.2, 0.25) is 5.91 Å². The summed E-state index contributed by atoms with van der Waals surface area (Å²) in [5.74, 6) is -0.418. The molecule has 0 saturated heterocycles. The van der Waals surface area contributed by atoms with Crippen LogP contribution in [0, 0.1) is 11.8 Å². The van der Waals surface area contributed by atoms with Gasteiger partial charge in [-0.1, -0.05) is 31.2 Å². The van der Waals surface area contributed by atoms with Crippen molar-refractivity contribution in [2.24, 2.45) is 11.8 Å². The summed E-state index contributed by atoms with van der Waals surface area (Å²) in [6.07, 6.45) is 2.40. The Morgan fingerprint density at radius 2 is 1.60 bits per heavy atom. The van der Waals surface area contributed by atoms with E-state index in [1.807, 2.05) is 18.2 Å². The average molecular weight is 590 g/mol. The molecule has 1 fully saturated rings. The summed E-state index contributed by atoms with van der Waals surface area (Å²) < 4.78 is 22.5. The highest BCUT2D eigenvalue weighted by Gasteiger charge is 2.35. The van der Waals surface area contributed by atoms with Gasteiger partial charge in [-0.25, -0.2) is 4.79 Å². The molecule has 43 heavy (non-hydrogen) atoms. The summed E-state index contributed by atoms with van der Waals surface area (Å²) >= 11 is 0. The molecule has 2 N–H and O–H groups in total. The number of benzene rings is 3. The Labute approximate surface area is 250 Å². The fraction of sp³-hybridized carbons (Fsp3) is 0.412. The molecule has 9 heteroatoms. The summed E-state index contributed by atoms with van der Waals surface area (Å²) in [4.78, 5) is 28.4. The standard InChI is InChI=1S/C34H39NO8/c1-20-9-11-21(12-10-20)33(37)35(23(18-40-2)19-41-3)28-16-26-25-15-22(32(36)24-7-5-6-8-29(24)42-4)13-14-30(25)43-31(26)17-27(28)34(38)39/h5-8,13-17,20-21,23,32,36H,9-12,18-19H2,1-4H3,(H,38,39)/t20-,21-,32?.